The molecule has 0 unspecified atom stereocenters. The molecule has 0 saturated carbocycles. The number of carboxylic acids is 1. The standard InChI is InChI=1S/C19H21N3O3/c1-13-11-21-17(12-20-13)18(23)22-8-6-14(7-9-22)10-15-4-2-3-5-16(15)19(24)25/h2-5,11-12,14H,6-10H2,1H3,(H,24,25). The van der Waals surface area contributed by atoms with Gasteiger partial charge in [-0.1, -0.05) is 18.2 Å². The lowest BCUT2D eigenvalue weighted by atomic mass is 9.88. The van der Waals surface area contributed by atoms with E-state index in [9.17, 15) is 14.7 Å². The molecule has 3 rings (SSSR count). The summed E-state index contributed by atoms with van der Waals surface area (Å²) in [4.78, 5) is 33.9. The third-order valence-corrected chi connectivity index (χ3v) is 4.66. The zero-order chi connectivity index (χ0) is 17.8. The topological polar surface area (TPSA) is 83.4 Å². The predicted octanol–water partition coefficient (Wildman–Crippen LogP) is 2.58. The van der Waals surface area contributed by atoms with E-state index in [2.05, 4.69) is 9.97 Å². The van der Waals surface area contributed by atoms with Gasteiger partial charge in [0.15, 0.2) is 0 Å². The van der Waals surface area contributed by atoms with E-state index in [1.807, 2.05) is 19.1 Å². The van der Waals surface area contributed by atoms with Crippen LogP contribution in [0.3, 0.4) is 0 Å². The van der Waals surface area contributed by atoms with Crippen molar-refractivity contribution in [2.45, 2.75) is 26.2 Å². The number of piperidine rings is 1. The molecule has 0 atom stereocenters. The number of carboxylic acid groups (broad SMARTS) is 1. The molecule has 6 nitrogen and oxygen atoms in total. The molecular weight excluding hydrogens is 318 g/mol. The Bertz CT molecular complexity index is 766. The van der Waals surface area contributed by atoms with Crippen LogP contribution in [0, 0.1) is 12.8 Å². The molecule has 2 aromatic rings. The van der Waals surface area contributed by atoms with Crippen molar-refractivity contribution >= 4 is 11.9 Å². The number of benzene rings is 1. The Balaban J connectivity index is 1.60. The molecule has 0 radical (unpaired) electrons. The molecule has 1 N–H and O–H groups in total. The van der Waals surface area contributed by atoms with Crippen LogP contribution in [-0.2, 0) is 6.42 Å². The lowest BCUT2D eigenvalue weighted by Gasteiger charge is -2.32. The Hall–Kier alpha value is -2.76. The Kier molecular flexibility index (Phi) is 5.07. The second-order valence-electron chi connectivity index (χ2n) is 6.45. The van der Waals surface area contributed by atoms with Gasteiger partial charge in [0.2, 0.25) is 0 Å². The maximum atomic E-state index is 12.5. The number of aromatic carboxylic acids is 1. The van der Waals surface area contributed by atoms with Crippen molar-refractivity contribution in [3.63, 3.8) is 0 Å². The fraction of sp³-hybridized carbons (Fsp3) is 0.368. The number of hydrogen-bond donors (Lipinski definition) is 1. The molecular formula is C19H21N3O3. The van der Waals surface area contributed by atoms with E-state index in [0.29, 0.717) is 30.3 Å². The van der Waals surface area contributed by atoms with Crippen molar-refractivity contribution in [2.24, 2.45) is 5.92 Å². The van der Waals surface area contributed by atoms with Crippen molar-refractivity contribution in [1.82, 2.24) is 14.9 Å². The number of nitrogens with zero attached hydrogens (tertiary/aromatic N) is 3. The normalized spacial score (nSPS) is 15.2. The first-order valence-electron chi connectivity index (χ1n) is 8.43. The maximum absolute atomic E-state index is 12.5. The molecule has 0 aliphatic carbocycles. The average molecular weight is 339 g/mol. The molecule has 1 fully saturated rings. The van der Waals surface area contributed by atoms with Gasteiger partial charge in [0, 0.05) is 19.3 Å². The van der Waals surface area contributed by atoms with Crippen molar-refractivity contribution < 1.29 is 14.7 Å². The zero-order valence-corrected chi connectivity index (χ0v) is 14.2. The molecule has 1 amide bonds. The lowest BCUT2D eigenvalue weighted by Crippen LogP contribution is -2.39. The lowest BCUT2D eigenvalue weighted by molar-refractivity contribution is 0.0684. The van der Waals surface area contributed by atoms with Gasteiger partial charge >= 0.3 is 5.97 Å². The van der Waals surface area contributed by atoms with E-state index < -0.39 is 5.97 Å². The number of rotatable bonds is 4. The first kappa shape index (κ1) is 17.1. The van der Waals surface area contributed by atoms with Crippen molar-refractivity contribution in [3.8, 4) is 0 Å². The fourth-order valence-electron chi connectivity index (χ4n) is 3.22. The van der Waals surface area contributed by atoms with Crippen molar-refractivity contribution in [1.29, 1.82) is 0 Å². The van der Waals surface area contributed by atoms with Crippen LogP contribution in [0.15, 0.2) is 36.7 Å². The quantitative estimate of drug-likeness (QED) is 0.925. The summed E-state index contributed by atoms with van der Waals surface area (Å²) >= 11 is 0. The molecule has 130 valence electrons. The van der Waals surface area contributed by atoms with Gasteiger partial charge in [0.1, 0.15) is 5.69 Å². The highest BCUT2D eigenvalue weighted by atomic mass is 16.4. The van der Waals surface area contributed by atoms with Gasteiger partial charge in [-0.3, -0.25) is 9.78 Å². The van der Waals surface area contributed by atoms with Crippen LogP contribution < -0.4 is 0 Å². The van der Waals surface area contributed by atoms with Gasteiger partial charge in [-0.2, -0.15) is 0 Å². The third-order valence-electron chi connectivity index (χ3n) is 4.66. The summed E-state index contributed by atoms with van der Waals surface area (Å²) in [6.07, 6.45) is 5.57. The molecule has 2 heterocycles. The number of likely N-dealkylation sites (tertiary alicyclic amines) is 1. The highest BCUT2D eigenvalue weighted by molar-refractivity contribution is 5.92. The Morgan fingerprint density at radius 3 is 2.52 bits per heavy atom. The van der Waals surface area contributed by atoms with E-state index in [-0.39, 0.29) is 5.91 Å². The molecule has 0 spiro atoms. The van der Waals surface area contributed by atoms with E-state index in [4.69, 9.17) is 0 Å². The van der Waals surface area contributed by atoms with E-state index in [1.165, 1.54) is 6.20 Å². The summed E-state index contributed by atoms with van der Waals surface area (Å²) in [6, 6.07) is 7.14. The Morgan fingerprint density at radius 1 is 1.16 bits per heavy atom. The van der Waals surface area contributed by atoms with Crippen molar-refractivity contribution in [3.05, 3.63) is 59.2 Å². The van der Waals surface area contributed by atoms with Crippen LogP contribution in [0.2, 0.25) is 0 Å². The van der Waals surface area contributed by atoms with Crippen LogP contribution in [0.1, 0.15) is 44.9 Å². The van der Waals surface area contributed by atoms with Crippen LogP contribution in [0.4, 0.5) is 0 Å². The predicted molar refractivity (Wildman–Crippen MR) is 92.5 cm³/mol. The smallest absolute Gasteiger partial charge is 0.335 e. The molecule has 6 heteroatoms. The van der Waals surface area contributed by atoms with E-state index in [0.717, 1.165) is 30.5 Å². The first-order valence-corrected chi connectivity index (χ1v) is 8.43. The number of carbonyl (C=O) groups excluding carboxylic acids is 1. The molecule has 1 saturated heterocycles. The fourth-order valence-corrected chi connectivity index (χ4v) is 3.22. The summed E-state index contributed by atoms with van der Waals surface area (Å²) in [6.45, 7) is 3.16. The van der Waals surface area contributed by atoms with Gasteiger partial charge in [0.25, 0.3) is 5.91 Å². The summed E-state index contributed by atoms with van der Waals surface area (Å²) in [7, 11) is 0. The second-order valence-corrected chi connectivity index (χ2v) is 6.45. The van der Waals surface area contributed by atoms with Crippen LogP contribution in [0.25, 0.3) is 0 Å². The minimum atomic E-state index is -0.888. The summed E-state index contributed by atoms with van der Waals surface area (Å²) < 4.78 is 0. The summed E-state index contributed by atoms with van der Waals surface area (Å²) in [5.74, 6) is -0.591. The SMILES string of the molecule is Cc1cnc(C(=O)N2CCC(Cc3ccccc3C(=O)O)CC2)cn1. The molecule has 1 aromatic carbocycles. The summed E-state index contributed by atoms with van der Waals surface area (Å²) in [5.41, 5.74) is 2.40. The number of amides is 1. The Morgan fingerprint density at radius 2 is 1.88 bits per heavy atom. The van der Waals surface area contributed by atoms with Crippen LogP contribution in [-0.4, -0.2) is 44.9 Å². The van der Waals surface area contributed by atoms with Gasteiger partial charge in [-0.25, -0.2) is 9.78 Å². The van der Waals surface area contributed by atoms with Gasteiger partial charge in [-0.05, 0) is 43.7 Å². The van der Waals surface area contributed by atoms with E-state index in [1.54, 1.807) is 23.2 Å². The number of aryl methyl sites for hydroxylation is 1. The number of aromatic nitrogens is 2. The number of carbonyl (C=O) groups is 2. The Labute approximate surface area is 146 Å². The van der Waals surface area contributed by atoms with E-state index >= 15 is 0 Å². The molecule has 1 aliphatic rings. The molecule has 25 heavy (non-hydrogen) atoms. The first-order chi connectivity index (χ1) is 12.0. The minimum absolute atomic E-state index is 0.0862. The average Bonchev–Trinajstić information content (AvgIpc) is 2.63. The van der Waals surface area contributed by atoms with Gasteiger partial charge in [-0.15, -0.1) is 0 Å². The van der Waals surface area contributed by atoms with Crippen LogP contribution in [0.5, 0.6) is 0 Å². The molecule has 0 bridgehead atoms. The summed E-state index contributed by atoms with van der Waals surface area (Å²) in [5, 5.41) is 9.29. The maximum Gasteiger partial charge on any atom is 0.335 e. The molecule has 1 aromatic heterocycles. The van der Waals surface area contributed by atoms with Gasteiger partial charge in [0.05, 0.1) is 17.5 Å². The minimum Gasteiger partial charge on any atom is -0.478 e. The monoisotopic (exact) mass is 339 g/mol. The highest BCUT2D eigenvalue weighted by Crippen LogP contribution is 2.24. The number of hydrogen-bond acceptors (Lipinski definition) is 4. The highest BCUT2D eigenvalue weighted by Gasteiger charge is 2.25. The zero-order valence-electron chi connectivity index (χ0n) is 14.2. The van der Waals surface area contributed by atoms with Gasteiger partial charge < -0.3 is 10.0 Å². The van der Waals surface area contributed by atoms with Crippen LogP contribution >= 0.6 is 0 Å². The second kappa shape index (κ2) is 7.42. The molecule has 1 aliphatic heterocycles. The largest absolute Gasteiger partial charge is 0.478 e. The van der Waals surface area contributed by atoms with Crippen molar-refractivity contribution in [2.75, 3.05) is 13.1 Å². The third kappa shape index (κ3) is 4.02.